The van der Waals surface area contributed by atoms with Crippen LogP contribution in [0.2, 0.25) is 0 Å². The van der Waals surface area contributed by atoms with Crippen molar-refractivity contribution < 1.29 is 31.5 Å². The lowest BCUT2D eigenvalue weighted by atomic mass is 10.1. The van der Waals surface area contributed by atoms with Crippen molar-refractivity contribution in [2.24, 2.45) is 0 Å². The summed E-state index contributed by atoms with van der Waals surface area (Å²) in [7, 11) is -9.61. The van der Waals surface area contributed by atoms with E-state index in [0.29, 0.717) is 11.1 Å². The number of benzene rings is 6. The number of phosphoric acid groups is 2. The summed E-state index contributed by atoms with van der Waals surface area (Å²) in [6.45, 7) is 0. The summed E-state index contributed by atoms with van der Waals surface area (Å²) in [5, 5.41) is 0. The molecule has 0 saturated heterocycles. The highest BCUT2D eigenvalue weighted by Gasteiger charge is 2.47. The van der Waals surface area contributed by atoms with Gasteiger partial charge >= 0.3 is 15.6 Å². The Labute approximate surface area is 261 Å². The fraction of sp³-hybridized carbons (Fsp3) is 0. The molecule has 0 bridgehead atoms. The Kier molecular flexibility index (Phi) is 9.14. The van der Waals surface area contributed by atoms with Gasteiger partial charge in [0.1, 0.15) is 23.0 Å². The Bertz CT molecular complexity index is 1790. The lowest BCUT2D eigenvalue weighted by Gasteiger charge is -2.25. The molecule has 9 heteroatoms. The second-order valence-corrected chi connectivity index (χ2v) is 12.9. The van der Waals surface area contributed by atoms with Gasteiger partial charge in [0.15, 0.2) is 0 Å². The third-order valence-corrected chi connectivity index (χ3v) is 9.79. The van der Waals surface area contributed by atoms with E-state index >= 15 is 0 Å². The van der Waals surface area contributed by atoms with Gasteiger partial charge in [-0.2, -0.15) is 0 Å². The summed E-state index contributed by atoms with van der Waals surface area (Å²) < 4.78 is 59.1. The lowest BCUT2D eigenvalue weighted by Crippen LogP contribution is -2.10. The van der Waals surface area contributed by atoms with E-state index in [-0.39, 0.29) is 23.0 Å². The Hall–Kier alpha value is -5.06. The Balaban J connectivity index is 1.42. The monoisotopic (exact) mass is 634 g/mol. The molecule has 2 unspecified atom stereocenters. The first-order valence-electron chi connectivity index (χ1n) is 14.1. The van der Waals surface area contributed by atoms with Crippen molar-refractivity contribution >= 4 is 15.6 Å². The van der Waals surface area contributed by atoms with Gasteiger partial charge in [0.25, 0.3) is 0 Å². The van der Waals surface area contributed by atoms with Gasteiger partial charge in [0.2, 0.25) is 0 Å². The third-order valence-electron chi connectivity index (χ3n) is 6.48. The van der Waals surface area contributed by atoms with Crippen LogP contribution in [0.1, 0.15) is 0 Å². The van der Waals surface area contributed by atoms with Crippen molar-refractivity contribution in [1.29, 1.82) is 0 Å². The molecule has 0 saturated carbocycles. The van der Waals surface area contributed by atoms with Crippen LogP contribution in [0.3, 0.4) is 0 Å². The molecule has 0 heterocycles. The van der Waals surface area contributed by atoms with Gasteiger partial charge in [0, 0.05) is 11.1 Å². The molecule has 0 aliphatic carbocycles. The van der Waals surface area contributed by atoms with E-state index in [4.69, 9.17) is 22.4 Å². The van der Waals surface area contributed by atoms with Crippen LogP contribution < -0.4 is 18.1 Å². The first-order chi connectivity index (χ1) is 22.0. The molecule has 7 nitrogen and oxygen atoms in total. The highest BCUT2D eigenvalue weighted by molar-refractivity contribution is 7.63. The zero-order valence-corrected chi connectivity index (χ0v) is 25.7. The van der Waals surface area contributed by atoms with Crippen LogP contribution in [-0.4, -0.2) is 0 Å². The third kappa shape index (κ3) is 7.72. The van der Waals surface area contributed by atoms with Crippen LogP contribution >= 0.6 is 15.6 Å². The van der Waals surface area contributed by atoms with Crippen LogP contribution in [0.15, 0.2) is 170 Å². The highest BCUT2D eigenvalue weighted by atomic mass is 31.3. The molecular formula is C36H28O7P2. The fourth-order valence-electron chi connectivity index (χ4n) is 4.49. The van der Waals surface area contributed by atoms with Gasteiger partial charge < -0.3 is 18.1 Å². The molecule has 0 fully saturated rings. The normalized spacial score (nSPS) is 13.5. The van der Waals surface area contributed by atoms with E-state index in [1.807, 2.05) is 84.9 Å². The van der Waals surface area contributed by atoms with Crippen molar-refractivity contribution in [2.45, 2.75) is 0 Å². The summed E-state index contributed by atoms with van der Waals surface area (Å²) in [5.74, 6) is 0.681. The fourth-order valence-corrected chi connectivity index (χ4v) is 7.64. The largest absolute Gasteiger partial charge is 0.598 e. The number of para-hydroxylation sites is 4. The van der Waals surface area contributed by atoms with E-state index < -0.39 is 15.6 Å². The molecule has 2 atom stereocenters. The number of hydrogen-bond acceptors (Lipinski definition) is 7. The maximum atomic E-state index is 14.7. The molecule has 0 N–H and O–H groups in total. The molecule has 224 valence electrons. The van der Waals surface area contributed by atoms with Crippen molar-refractivity contribution in [2.75, 3.05) is 0 Å². The van der Waals surface area contributed by atoms with Crippen molar-refractivity contribution in [3.05, 3.63) is 170 Å². The molecule has 45 heavy (non-hydrogen) atoms. The van der Waals surface area contributed by atoms with E-state index in [1.54, 1.807) is 84.9 Å². The van der Waals surface area contributed by atoms with Crippen molar-refractivity contribution in [3.63, 3.8) is 0 Å². The highest BCUT2D eigenvalue weighted by Crippen LogP contribution is 2.65. The summed E-state index contributed by atoms with van der Waals surface area (Å²) in [6, 6.07) is 49.5. The van der Waals surface area contributed by atoms with E-state index in [9.17, 15) is 9.13 Å². The topological polar surface area (TPSA) is 80.3 Å². The predicted octanol–water partition coefficient (Wildman–Crippen LogP) is 10.9. The standard InChI is InChI=1S/C36H28O7P2/c37-44(39-31-21-9-3-10-22-31,41-35-27-15-13-25-33(35)29-17-5-1-6-18-29)43-45(38,40-32-23-11-4-12-24-32)42-36-28-16-14-26-34(36)30-19-7-2-8-20-30/h1-28H. The maximum Gasteiger partial charge on any atom is 0.598 e. The van der Waals surface area contributed by atoms with E-state index in [0.717, 1.165) is 11.1 Å². The molecule has 0 spiro atoms. The molecule has 0 aliphatic rings. The number of rotatable bonds is 12. The first kappa shape index (κ1) is 30.0. The minimum Gasteiger partial charge on any atom is -0.395 e. The summed E-state index contributed by atoms with van der Waals surface area (Å²) in [5.41, 5.74) is 2.84. The predicted molar refractivity (Wildman–Crippen MR) is 175 cm³/mol. The zero-order valence-electron chi connectivity index (χ0n) is 23.9. The Morgan fingerprint density at radius 1 is 0.333 bits per heavy atom. The molecule has 6 aromatic rings. The van der Waals surface area contributed by atoms with E-state index in [1.165, 1.54) is 0 Å². The first-order valence-corrected chi connectivity index (χ1v) is 17.0. The quantitative estimate of drug-likeness (QED) is 0.124. The van der Waals surface area contributed by atoms with Gasteiger partial charge in [-0.05, 0) is 47.5 Å². The lowest BCUT2D eigenvalue weighted by molar-refractivity contribution is 0.243. The van der Waals surface area contributed by atoms with Gasteiger partial charge in [-0.1, -0.05) is 133 Å². The van der Waals surface area contributed by atoms with Crippen LogP contribution in [0.4, 0.5) is 0 Å². The Morgan fingerprint density at radius 3 is 1.02 bits per heavy atom. The summed E-state index contributed by atoms with van der Waals surface area (Å²) >= 11 is 0. The number of hydrogen-bond donors (Lipinski definition) is 0. The van der Waals surface area contributed by atoms with Crippen LogP contribution in [0.25, 0.3) is 22.3 Å². The van der Waals surface area contributed by atoms with E-state index in [2.05, 4.69) is 0 Å². The molecular weight excluding hydrogens is 606 g/mol. The average Bonchev–Trinajstić information content (AvgIpc) is 3.06. The van der Waals surface area contributed by atoms with Gasteiger partial charge in [-0.25, -0.2) is 9.13 Å². The zero-order chi connectivity index (χ0) is 31.0. The summed E-state index contributed by atoms with van der Waals surface area (Å²) in [4.78, 5) is 0. The van der Waals surface area contributed by atoms with Crippen molar-refractivity contribution in [1.82, 2.24) is 0 Å². The SMILES string of the molecule is O=P(Oc1ccccc1)(Oc1ccccc1-c1ccccc1)OP(=O)(Oc1ccccc1)Oc1ccccc1-c1ccccc1. The molecule has 0 aliphatic heterocycles. The molecule has 0 aromatic heterocycles. The smallest absolute Gasteiger partial charge is 0.395 e. The van der Waals surface area contributed by atoms with Crippen LogP contribution in [0.5, 0.6) is 23.0 Å². The molecule has 0 amide bonds. The second-order valence-electron chi connectivity index (χ2n) is 9.69. The summed E-state index contributed by atoms with van der Waals surface area (Å²) in [6.07, 6.45) is 0. The van der Waals surface area contributed by atoms with Crippen LogP contribution in [0, 0.1) is 0 Å². The van der Waals surface area contributed by atoms with Crippen LogP contribution in [-0.2, 0) is 13.4 Å². The number of phosphoric ester groups is 2. The second kappa shape index (κ2) is 13.7. The van der Waals surface area contributed by atoms with Gasteiger partial charge in [0.05, 0.1) is 0 Å². The van der Waals surface area contributed by atoms with Gasteiger partial charge in [-0.3, -0.25) is 0 Å². The van der Waals surface area contributed by atoms with Gasteiger partial charge in [-0.15, -0.1) is 4.31 Å². The maximum absolute atomic E-state index is 14.7. The average molecular weight is 635 g/mol. The molecule has 6 rings (SSSR count). The molecule has 6 aromatic carbocycles. The van der Waals surface area contributed by atoms with Crippen molar-refractivity contribution in [3.8, 4) is 45.3 Å². The minimum absolute atomic E-state index is 0.161. The minimum atomic E-state index is -4.81. The Morgan fingerprint density at radius 2 is 0.644 bits per heavy atom. The molecule has 0 radical (unpaired) electrons.